The predicted octanol–water partition coefficient (Wildman–Crippen LogP) is 2.29. The van der Waals surface area contributed by atoms with Crippen LogP contribution in [-0.2, 0) is 11.3 Å². The number of hydrogen-bond acceptors (Lipinski definition) is 4. The molecule has 1 fully saturated rings. The minimum atomic E-state index is 0.340. The molecule has 1 saturated heterocycles. The van der Waals surface area contributed by atoms with Crippen molar-refractivity contribution in [1.82, 2.24) is 10.2 Å². The van der Waals surface area contributed by atoms with Crippen molar-refractivity contribution in [3.63, 3.8) is 0 Å². The number of benzene rings is 1. The molecule has 1 atom stereocenters. The van der Waals surface area contributed by atoms with Crippen molar-refractivity contribution in [2.24, 2.45) is 0 Å². The highest BCUT2D eigenvalue weighted by Crippen LogP contribution is 2.13. The third-order valence-electron chi connectivity index (χ3n) is 3.66. The monoisotopic (exact) mass is 292 g/mol. The van der Waals surface area contributed by atoms with E-state index in [2.05, 4.69) is 42.3 Å². The Morgan fingerprint density at radius 3 is 3.14 bits per heavy atom. The second-order valence-electron chi connectivity index (χ2n) is 5.65. The Hall–Kier alpha value is -1.10. The zero-order valence-corrected chi connectivity index (χ0v) is 13.3. The van der Waals surface area contributed by atoms with Crippen LogP contribution in [0, 0.1) is 0 Å². The maximum Gasteiger partial charge on any atom is 0.119 e. The Bertz CT molecular complexity index is 412. The molecule has 0 saturated carbocycles. The maximum atomic E-state index is 5.88. The molecule has 1 aromatic rings. The van der Waals surface area contributed by atoms with Crippen LogP contribution in [0.15, 0.2) is 24.3 Å². The highest BCUT2D eigenvalue weighted by molar-refractivity contribution is 5.28. The van der Waals surface area contributed by atoms with Crippen LogP contribution in [0.3, 0.4) is 0 Å². The first kappa shape index (κ1) is 16.3. The number of nitrogens with zero attached hydrogens (tertiary/aromatic N) is 1. The first-order valence-electron chi connectivity index (χ1n) is 8.04. The summed E-state index contributed by atoms with van der Waals surface area (Å²) in [5.74, 6) is 0.965. The van der Waals surface area contributed by atoms with Gasteiger partial charge in [-0.15, -0.1) is 0 Å². The molecule has 1 aliphatic heterocycles. The summed E-state index contributed by atoms with van der Waals surface area (Å²) >= 11 is 0. The fraction of sp³-hybridized carbons (Fsp3) is 0.647. The summed E-state index contributed by atoms with van der Waals surface area (Å²) in [5.41, 5.74) is 1.28. The van der Waals surface area contributed by atoms with Crippen LogP contribution in [-0.4, -0.2) is 50.4 Å². The molecule has 1 aromatic carbocycles. The van der Waals surface area contributed by atoms with Crippen LogP contribution in [0.25, 0.3) is 0 Å². The third-order valence-corrected chi connectivity index (χ3v) is 3.66. The molecular weight excluding hydrogens is 264 g/mol. The van der Waals surface area contributed by atoms with Gasteiger partial charge in [0.1, 0.15) is 12.4 Å². The lowest BCUT2D eigenvalue weighted by Crippen LogP contribution is -2.42. The van der Waals surface area contributed by atoms with Gasteiger partial charge in [-0.2, -0.15) is 0 Å². The summed E-state index contributed by atoms with van der Waals surface area (Å²) < 4.78 is 11.4. The molecule has 1 N–H and O–H groups in total. The van der Waals surface area contributed by atoms with E-state index in [4.69, 9.17) is 9.47 Å². The molecule has 0 bridgehead atoms. The predicted molar refractivity (Wildman–Crippen MR) is 85.8 cm³/mol. The van der Waals surface area contributed by atoms with E-state index in [0.717, 1.165) is 58.1 Å². The van der Waals surface area contributed by atoms with E-state index in [1.165, 1.54) is 5.56 Å². The maximum absolute atomic E-state index is 5.88. The van der Waals surface area contributed by atoms with Gasteiger partial charge in [0.25, 0.3) is 0 Å². The third kappa shape index (κ3) is 6.04. The molecule has 0 radical (unpaired) electrons. The zero-order chi connectivity index (χ0) is 14.9. The number of morpholine rings is 1. The zero-order valence-electron chi connectivity index (χ0n) is 13.3. The minimum Gasteiger partial charge on any atom is -0.492 e. The first-order valence-corrected chi connectivity index (χ1v) is 8.04. The van der Waals surface area contributed by atoms with Gasteiger partial charge in [0, 0.05) is 26.2 Å². The molecular formula is C17H28N2O2. The Kier molecular flexibility index (Phi) is 7.00. The van der Waals surface area contributed by atoms with Gasteiger partial charge >= 0.3 is 0 Å². The van der Waals surface area contributed by atoms with Crippen molar-refractivity contribution in [2.75, 3.05) is 39.4 Å². The Balaban J connectivity index is 1.71. The molecule has 4 heteroatoms. The number of ether oxygens (including phenoxy) is 2. The van der Waals surface area contributed by atoms with Crippen LogP contribution < -0.4 is 10.1 Å². The highest BCUT2D eigenvalue weighted by Gasteiger charge is 2.15. The topological polar surface area (TPSA) is 33.7 Å². The van der Waals surface area contributed by atoms with Gasteiger partial charge in [0.2, 0.25) is 0 Å². The molecule has 0 amide bonds. The SMILES string of the molecule is CCCNCc1cccc(OCCN2CCOC(C)C2)c1. The van der Waals surface area contributed by atoms with Crippen LogP contribution in [0.2, 0.25) is 0 Å². The van der Waals surface area contributed by atoms with Crippen molar-refractivity contribution in [3.8, 4) is 5.75 Å². The average molecular weight is 292 g/mol. The van der Waals surface area contributed by atoms with Gasteiger partial charge in [-0.25, -0.2) is 0 Å². The lowest BCUT2D eigenvalue weighted by molar-refractivity contribution is -0.0214. The van der Waals surface area contributed by atoms with Gasteiger partial charge < -0.3 is 14.8 Å². The fourth-order valence-corrected chi connectivity index (χ4v) is 2.54. The van der Waals surface area contributed by atoms with E-state index in [1.54, 1.807) is 0 Å². The summed E-state index contributed by atoms with van der Waals surface area (Å²) in [6.07, 6.45) is 1.50. The molecule has 2 rings (SSSR count). The van der Waals surface area contributed by atoms with Crippen molar-refractivity contribution in [1.29, 1.82) is 0 Å². The summed E-state index contributed by atoms with van der Waals surface area (Å²) in [6.45, 7) is 10.8. The average Bonchev–Trinajstić information content (AvgIpc) is 2.48. The quantitative estimate of drug-likeness (QED) is 0.745. The summed E-state index contributed by atoms with van der Waals surface area (Å²) in [7, 11) is 0. The largest absolute Gasteiger partial charge is 0.492 e. The van der Waals surface area contributed by atoms with Crippen molar-refractivity contribution in [3.05, 3.63) is 29.8 Å². The van der Waals surface area contributed by atoms with Crippen molar-refractivity contribution in [2.45, 2.75) is 32.9 Å². The lowest BCUT2D eigenvalue weighted by Gasteiger charge is -2.30. The van der Waals surface area contributed by atoms with Crippen LogP contribution in [0.1, 0.15) is 25.8 Å². The second kappa shape index (κ2) is 9.03. The fourth-order valence-electron chi connectivity index (χ4n) is 2.54. The molecule has 1 heterocycles. The molecule has 0 aliphatic carbocycles. The first-order chi connectivity index (χ1) is 10.3. The van der Waals surface area contributed by atoms with E-state index in [-0.39, 0.29) is 0 Å². The van der Waals surface area contributed by atoms with E-state index >= 15 is 0 Å². The Labute approximate surface area is 128 Å². The van der Waals surface area contributed by atoms with E-state index < -0.39 is 0 Å². The van der Waals surface area contributed by atoms with Gasteiger partial charge in [-0.3, -0.25) is 4.90 Å². The van der Waals surface area contributed by atoms with Gasteiger partial charge in [-0.1, -0.05) is 19.1 Å². The molecule has 0 spiro atoms. The van der Waals surface area contributed by atoms with E-state index in [1.807, 2.05) is 6.07 Å². The van der Waals surface area contributed by atoms with Crippen molar-refractivity contribution >= 4 is 0 Å². The summed E-state index contributed by atoms with van der Waals surface area (Å²) in [5, 5.41) is 3.41. The van der Waals surface area contributed by atoms with Crippen molar-refractivity contribution < 1.29 is 9.47 Å². The lowest BCUT2D eigenvalue weighted by atomic mass is 10.2. The van der Waals surface area contributed by atoms with E-state index in [9.17, 15) is 0 Å². The molecule has 0 aromatic heterocycles. The number of hydrogen-bond donors (Lipinski definition) is 1. The van der Waals surface area contributed by atoms with Gasteiger partial charge in [0.15, 0.2) is 0 Å². The number of nitrogens with one attached hydrogen (secondary N) is 1. The molecule has 1 unspecified atom stereocenters. The smallest absolute Gasteiger partial charge is 0.119 e. The number of rotatable bonds is 8. The highest BCUT2D eigenvalue weighted by atomic mass is 16.5. The summed E-state index contributed by atoms with van der Waals surface area (Å²) in [6, 6.07) is 8.37. The van der Waals surface area contributed by atoms with Crippen LogP contribution >= 0.6 is 0 Å². The summed E-state index contributed by atoms with van der Waals surface area (Å²) in [4.78, 5) is 2.40. The van der Waals surface area contributed by atoms with Crippen LogP contribution in [0.4, 0.5) is 0 Å². The molecule has 118 valence electrons. The second-order valence-corrected chi connectivity index (χ2v) is 5.65. The standard InChI is InChI=1S/C17H28N2O2/c1-3-7-18-13-16-5-4-6-17(12-16)21-11-9-19-8-10-20-15(2)14-19/h4-6,12,15,18H,3,7-11,13-14H2,1-2H3. The molecule has 4 nitrogen and oxygen atoms in total. The van der Waals surface area contributed by atoms with E-state index in [0.29, 0.717) is 6.10 Å². The molecule has 1 aliphatic rings. The van der Waals surface area contributed by atoms with Gasteiger partial charge in [0.05, 0.1) is 12.7 Å². The Morgan fingerprint density at radius 2 is 2.33 bits per heavy atom. The minimum absolute atomic E-state index is 0.340. The Morgan fingerprint density at radius 1 is 1.43 bits per heavy atom. The van der Waals surface area contributed by atoms with Gasteiger partial charge in [-0.05, 0) is 37.6 Å². The molecule has 21 heavy (non-hydrogen) atoms. The van der Waals surface area contributed by atoms with Crippen LogP contribution in [0.5, 0.6) is 5.75 Å². The normalized spacial score (nSPS) is 19.6.